The van der Waals surface area contributed by atoms with Crippen molar-refractivity contribution < 1.29 is 9.59 Å². The van der Waals surface area contributed by atoms with Crippen LogP contribution in [-0.4, -0.2) is 39.8 Å². The van der Waals surface area contributed by atoms with Gasteiger partial charge in [-0.15, -0.1) is 11.3 Å². The maximum absolute atomic E-state index is 13.0. The van der Waals surface area contributed by atoms with Gasteiger partial charge in [0.2, 0.25) is 5.91 Å². The molecule has 8 heteroatoms. The van der Waals surface area contributed by atoms with Crippen LogP contribution < -0.4 is 10.9 Å². The van der Waals surface area contributed by atoms with Crippen molar-refractivity contribution >= 4 is 33.9 Å². The zero-order chi connectivity index (χ0) is 20.4. The standard InChI is InChI=1S/C21H22N4O3S/c1-13(26)23-18(20-22-8-11-29-20)14-6-9-25(10-7-14)21(28)17-12-15-4-2-3-5-16(15)19(27)24-17/h2-5,8,11-12,14,18H,6-7,9-10H2,1H3,(H,23,26)(H,24,27)/t18-/m1/s1. The molecule has 29 heavy (non-hydrogen) atoms. The lowest BCUT2D eigenvalue weighted by Gasteiger charge is -2.35. The second-order valence-corrected chi connectivity index (χ2v) is 8.20. The number of H-pyrrole nitrogens is 1. The van der Waals surface area contributed by atoms with Crippen LogP contribution in [0.5, 0.6) is 0 Å². The van der Waals surface area contributed by atoms with Crippen LogP contribution in [0.2, 0.25) is 0 Å². The number of pyridine rings is 1. The predicted molar refractivity (Wildman–Crippen MR) is 112 cm³/mol. The smallest absolute Gasteiger partial charge is 0.270 e. The van der Waals surface area contributed by atoms with Crippen molar-refractivity contribution in [3.63, 3.8) is 0 Å². The van der Waals surface area contributed by atoms with Crippen LogP contribution in [-0.2, 0) is 4.79 Å². The molecule has 2 amide bonds. The molecule has 1 aliphatic heterocycles. The summed E-state index contributed by atoms with van der Waals surface area (Å²) >= 11 is 1.53. The number of fused-ring (bicyclic) bond motifs is 1. The van der Waals surface area contributed by atoms with Gasteiger partial charge in [-0.3, -0.25) is 14.4 Å². The summed E-state index contributed by atoms with van der Waals surface area (Å²) in [6, 6.07) is 8.83. The molecular weight excluding hydrogens is 388 g/mol. The Hall–Kier alpha value is -3.00. The molecule has 2 aromatic heterocycles. The average Bonchev–Trinajstić information content (AvgIpc) is 3.26. The molecule has 0 aliphatic carbocycles. The number of amides is 2. The number of hydrogen-bond donors (Lipinski definition) is 2. The van der Waals surface area contributed by atoms with Gasteiger partial charge in [-0.1, -0.05) is 18.2 Å². The highest BCUT2D eigenvalue weighted by Gasteiger charge is 2.31. The SMILES string of the molecule is CC(=O)N[C@@H](c1nccs1)C1CCN(C(=O)c2cc3ccccc3c(=O)[nH]2)CC1. The van der Waals surface area contributed by atoms with Crippen molar-refractivity contribution in [2.45, 2.75) is 25.8 Å². The van der Waals surface area contributed by atoms with E-state index < -0.39 is 0 Å². The number of carbonyl (C=O) groups is 2. The van der Waals surface area contributed by atoms with Crippen LogP contribution >= 0.6 is 11.3 Å². The molecule has 0 saturated carbocycles. The molecule has 0 spiro atoms. The average molecular weight is 410 g/mol. The molecule has 1 atom stereocenters. The first kappa shape index (κ1) is 19.3. The Kier molecular flexibility index (Phi) is 5.44. The minimum absolute atomic E-state index is 0.0857. The van der Waals surface area contributed by atoms with Gasteiger partial charge in [-0.05, 0) is 36.3 Å². The molecule has 3 heterocycles. The number of hydrogen-bond acceptors (Lipinski definition) is 5. The third-order valence-electron chi connectivity index (χ3n) is 5.36. The number of rotatable bonds is 4. The lowest BCUT2D eigenvalue weighted by atomic mass is 9.89. The van der Waals surface area contributed by atoms with Gasteiger partial charge < -0.3 is 15.2 Å². The largest absolute Gasteiger partial charge is 0.347 e. The second-order valence-electron chi connectivity index (χ2n) is 7.28. The maximum Gasteiger partial charge on any atom is 0.270 e. The number of piperidine rings is 1. The van der Waals surface area contributed by atoms with Crippen LogP contribution in [0.25, 0.3) is 10.8 Å². The van der Waals surface area contributed by atoms with E-state index in [2.05, 4.69) is 15.3 Å². The van der Waals surface area contributed by atoms with E-state index in [1.807, 2.05) is 17.5 Å². The molecule has 7 nitrogen and oxygen atoms in total. The van der Waals surface area contributed by atoms with Crippen LogP contribution in [0.1, 0.15) is 41.3 Å². The highest BCUT2D eigenvalue weighted by atomic mass is 32.1. The summed E-state index contributed by atoms with van der Waals surface area (Å²) in [6.45, 7) is 2.65. The Morgan fingerprint density at radius 3 is 2.72 bits per heavy atom. The van der Waals surface area contributed by atoms with Gasteiger partial charge in [0, 0.05) is 37.0 Å². The zero-order valence-electron chi connectivity index (χ0n) is 16.1. The maximum atomic E-state index is 13.0. The van der Waals surface area contributed by atoms with Crippen molar-refractivity contribution in [3.05, 3.63) is 63.0 Å². The first-order chi connectivity index (χ1) is 14.0. The summed E-state index contributed by atoms with van der Waals surface area (Å²) in [7, 11) is 0. The number of benzene rings is 1. The molecule has 1 aromatic carbocycles. The van der Waals surface area contributed by atoms with Gasteiger partial charge in [-0.25, -0.2) is 4.98 Å². The molecule has 1 aliphatic rings. The molecule has 4 rings (SSSR count). The van der Waals surface area contributed by atoms with Crippen LogP contribution in [0.15, 0.2) is 46.7 Å². The summed E-state index contributed by atoms with van der Waals surface area (Å²) < 4.78 is 0. The summed E-state index contributed by atoms with van der Waals surface area (Å²) in [5, 5.41) is 7.13. The number of carbonyl (C=O) groups excluding carboxylic acids is 2. The highest BCUT2D eigenvalue weighted by Crippen LogP contribution is 2.32. The van der Waals surface area contributed by atoms with E-state index in [0.29, 0.717) is 24.2 Å². The molecule has 150 valence electrons. The molecule has 2 N–H and O–H groups in total. The van der Waals surface area contributed by atoms with Crippen LogP contribution in [0.3, 0.4) is 0 Å². The fraction of sp³-hybridized carbons (Fsp3) is 0.333. The van der Waals surface area contributed by atoms with E-state index in [9.17, 15) is 14.4 Å². The van der Waals surface area contributed by atoms with Crippen LogP contribution in [0.4, 0.5) is 0 Å². The quantitative estimate of drug-likeness (QED) is 0.691. The Morgan fingerprint density at radius 2 is 2.03 bits per heavy atom. The topological polar surface area (TPSA) is 95.2 Å². The van der Waals surface area contributed by atoms with Crippen molar-refractivity contribution in [2.75, 3.05) is 13.1 Å². The molecular formula is C21H22N4O3S. The summed E-state index contributed by atoms with van der Waals surface area (Å²) in [4.78, 5) is 45.8. The van der Waals surface area contributed by atoms with Gasteiger partial charge in [0.25, 0.3) is 11.5 Å². The third kappa shape index (κ3) is 4.07. The monoisotopic (exact) mass is 410 g/mol. The molecule has 1 fully saturated rings. The van der Waals surface area contributed by atoms with Crippen molar-refractivity contribution in [2.24, 2.45) is 5.92 Å². The number of thiazole rings is 1. The number of nitrogens with zero attached hydrogens (tertiary/aromatic N) is 2. The van der Waals surface area contributed by atoms with E-state index in [1.54, 1.807) is 29.3 Å². The van der Waals surface area contributed by atoms with Gasteiger partial charge in [-0.2, -0.15) is 0 Å². The number of aromatic nitrogens is 2. The first-order valence-corrected chi connectivity index (χ1v) is 10.5. The Balaban J connectivity index is 1.48. The Morgan fingerprint density at radius 1 is 1.28 bits per heavy atom. The minimum atomic E-state index is -0.254. The minimum Gasteiger partial charge on any atom is -0.347 e. The Labute approximate surface area is 171 Å². The zero-order valence-corrected chi connectivity index (χ0v) is 16.9. The molecule has 1 saturated heterocycles. The summed E-state index contributed by atoms with van der Waals surface area (Å²) in [5.74, 6) is -0.0428. The summed E-state index contributed by atoms with van der Waals surface area (Å²) in [6.07, 6.45) is 3.26. The lowest BCUT2D eigenvalue weighted by Crippen LogP contribution is -2.43. The van der Waals surface area contributed by atoms with Gasteiger partial charge >= 0.3 is 0 Å². The van der Waals surface area contributed by atoms with E-state index in [0.717, 1.165) is 23.2 Å². The number of likely N-dealkylation sites (tertiary alicyclic amines) is 1. The third-order valence-corrected chi connectivity index (χ3v) is 6.22. The second kappa shape index (κ2) is 8.16. The molecule has 0 radical (unpaired) electrons. The molecule has 0 unspecified atom stereocenters. The van der Waals surface area contributed by atoms with E-state index in [1.165, 1.54) is 18.3 Å². The van der Waals surface area contributed by atoms with E-state index >= 15 is 0 Å². The molecule has 3 aromatic rings. The number of aromatic amines is 1. The lowest BCUT2D eigenvalue weighted by molar-refractivity contribution is -0.120. The normalized spacial score (nSPS) is 16.0. The van der Waals surface area contributed by atoms with Crippen molar-refractivity contribution in [1.29, 1.82) is 0 Å². The Bertz CT molecular complexity index is 1080. The van der Waals surface area contributed by atoms with E-state index in [-0.39, 0.29) is 29.3 Å². The van der Waals surface area contributed by atoms with E-state index in [4.69, 9.17) is 0 Å². The molecule has 0 bridgehead atoms. The highest BCUT2D eigenvalue weighted by molar-refractivity contribution is 7.09. The first-order valence-electron chi connectivity index (χ1n) is 9.61. The summed E-state index contributed by atoms with van der Waals surface area (Å²) in [5.41, 5.74) is 0.0568. The predicted octanol–water partition coefficient (Wildman–Crippen LogP) is 2.71. The van der Waals surface area contributed by atoms with Gasteiger partial charge in [0.05, 0.1) is 6.04 Å². The fourth-order valence-corrected chi connectivity index (χ4v) is 4.70. The van der Waals surface area contributed by atoms with Gasteiger partial charge in [0.1, 0.15) is 10.7 Å². The van der Waals surface area contributed by atoms with Crippen molar-refractivity contribution in [3.8, 4) is 0 Å². The number of nitrogens with one attached hydrogen (secondary N) is 2. The fourth-order valence-electron chi connectivity index (χ4n) is 3.92. The van der Waals surface area contributed by atoms with Gasteiger partial charge in [0.15, 0.2) is 0 Å². The van der Waals surface area contributed by atoms with Crippen LogP contribution in [0, 0.1) is 5.92 Å². The van der Waals surface area contributed by atoms with Crippen molar-refractivity contribution in [1.82, 2.24) is 20.2 Å².